The molecule has 15 heavy (non-hydrogen) atoms. The lowest BCUT2D eigenvalue weighted by atomic mass is 10.1. The number of aromatic nitrogens is 1. The fraction of sp³-hybridized carbons (Fsp3) is 0.300. The lowest BCUT2D eigenvalue weighted by Gasteiger charge is -2.21. The van der Waals surface area contributed by atoms with Crippen LogP contribution in [0.5, 0.6) is 0 Å². The Bertz CT molecular complexity index is 441. The van der Waals surface area contributed by atoms with Crippen LogP contribution in [-0.2, 0) is 7.05 Å². The van der Waals surface area contributed by atoms with Crippen LogP contribution in [0.2, 0.25) is 0 Å². The largest absolute Gasteiger partial charge is 0.336 e. The van der Waals surface area contributed by atoms with E-state index in [0.717, 1.165) is 28.4 Å². The molecule has 0 spiro atoms. The minimum Gasteiger partial charge on any atom is -0.336 e. The van der Waals surface area contributed by atoms with Gasteiger partial charge in [0.05, 0.1) is 5.56 Å². The van der Waals surface area contributed by atoms with Crippen molar-refractivity contribution >= 4 is 17.2 Å². The molecule has 0 fully saturated rings. The van der Waals surface area contributed by atoms with Gasteiger partial charge in [-0.15, -0.1) is 5.53 Å². The van der Waals surface area contributed by atoms with Crippen molar-refractivity contribution in [2.24, 2.45) is 12.0 Å². The number of nitrogens with zero attached hydrogens (tertiary/aromatic N) is 2. The predicted octanol–water partition coefficient (Wildman–Crippen LogP) is 0.869. The summed E-state index contributed by atoms with van der Waals surface area (Å²) in [6.45, 7) is 5.96. The highest BCUT2D eigenvalue weighted by atomic mass is 15.6. The summed E-state index contributed by atoms with van der Waals surface area (Å²) >= 11 is 0. The quantitative estimate of drug-likeness (QED) is 0.637. The SMILES string of the molecule is C=C(C)c1cn(C)c2c1C(=NC)NNN2. The normalized spacial score (nSPS) is 16.9. The third kappa shape index (κ3) is 1.41. The maximum absolute atomic E-state index is 4.19. The molecule has 5 nitrogen and oxygen atoms in total. The molecule has 0 unspecified atom stereocenters. The first-order chi connectivity index (χ1) is 7.15. The predicted molar refractivity (Wildman–Crippen MR) is 62.5 cm³/mol. The average molecular weight is 205 g/mol. The number of anilines is 1. The van der Waals surface area contributed by atoms with Gasteiger partial charge in [0.2, 0.25) is 0 Å². The maximum Gasteiger partial charge on any atom is 0.148 e. The van der Waals surface area contributed by atoms with Crippen LogP contribution in [0.1, 0.15) is 18.1 Å². The van der Waals surface area contributed by atoms with E-state index in [1.807, 2.05) is 24.7 Å². The van der Waals surface area contributed by atoms with Gasteiger partial charge in [-0.3, -0.25) is 15.8 Å². The van der Waals surface area contributed by atoms with Crippen molar-refractivity contribution in [1.82, 2.24) is 15.5 Å². The maximum atomic E-state index is 4.19. The summed E-state index contributed by atoms with van der Waals surface area (Å²) in [5, 5.41) is 0. The summed E-state index contributed by atoms with van der Waals surface area (Å²) in [5.41, 5.74) is 12.1. The minimum atomic E-state index is 0.822. The van der Waals surface area contributed by atoms with Gasteiger partial charge in [-0.05, 0) is 12.5 Å². The first kappa shape index (κ1) is 9.79. The second-order valence-corrected chi connectivity index (χ2v) is 3.60. The molecule has 0 saturated heterocycles. The van der Waals surface area contributed by atoms with Crippen LogP contribution < -0.4 is 16.4 Å². The number of hydrogen-bond donors (Lipinski definition) is 3. The summed E-state index contributed by atoms with van der Waals surface area (Å²) < 4.78 is 2.01. The fourth-order valence-electron chi connectivity index (χ4n) is 1.72. The van der Waals surface area contributed by atoms with Crippen molar-refractivity contribution in [3.8, 4) is 0 Å². The molecule has 0 amide bonds. The second-order valence-electron chi connectivity index (χ2n) is 3.60. The number of rotatable bonds is 1. The topological polar surface area (TPSA) is 53.4 Å². The van der Waals surface area contributed by atoms with E-state index < -0.39 is 0 Å². The number of aryl methyl sites for hydroxylation is 1. The first-order valence-electron chi connectivity index (χ1n) is 4.74. The van der Waals surface area contributed by atoms with E-state index in [1.54, 1.807) is 7.05 Å². The van der Waals surface area contributed by atoms with Gasteiger partial charge in [-0.1, -0.05) is 6.58 Å². The van der Waals surface area contributed by atoms with Crippen molar-refractivity contribution in [3.05, 3.63) is 23.9 Å². The van der Waals surface area contributed by atoms with Crippen LogP contribution in [0.3, 0.4) is 0 Å². The van der Waals surface area contributed by atoms with Crippen LogP contribution in [-0.4, -0.2) is 17.5 Å². The van der Waals surface area contributed by atoms with Crippen LogP contribution in [0, 0.1) is 0 Å². The summed E-state index contributed by atoms with van der Waals surface area (Å²) in [5.74, 6) is 1.81. The Labute approximate surface area is 88.8 Å². The number of nitrogens with one attached hydrogen (secondary N) is 3. The van der Waals surface area contributed by atoms with Gasteiger partial charge in [0.15, 0.2) is 0 Å². The summed E-state index contributed by atoms with van der Waals surface area (Å²) in [4.78, 5) is 4.19. The van der Waals surface area contributed by atoms with E-state index in [4.69, 9.17) is 0 Å². The molecule has 0 atom stereocenters. The van der Waals surface area contributed by atoms with Crippen LogP contribution in [0.25, 0.3) is 5.57 Å². The van der Waals surface area contributed by atoms with E-state index in [0.29, 0.717) is 0 Å². The third-order valence-electron chi connectivity index (χ3n) is 2.46. The molecule has 5 heteroatoms. The second kappa shape index (κ2) is 3.43. The molecular weight excluding hydrogens is 190 g/mol. The zero-order valence-corrected chi connectivity index (χ0v) is 9.18. The molecule has 0 aliphatic carbocycles. The van der Waals surface area contributed by atoms with E-state index in [9.17, 15) is 0 Å². The lowest BCUT2D eigenvalue weighted by molar-refractivity contribution is 0.719. The number of amidine groups is 1. The van der Waals surface area contributed by atoms with Crippen LogP contribution in [0.4, 0.5) is 5.82 Å². The molecule has 0 bridgehead atoms. The molecule has 0 radical (unpaired) electrons. The van der Waals surface area contributed by atoms with Crippen molar-refractivity contribution < 1.29 is 0 Å². The first-order valence-corrected chi connectivity index (χ1v) is 4.74. The van der Waals surface area contributed by atoms with Gasteiger partial charge < -0.3 is 4.57 Å². The molecule has 2 heterocycles. The molecule has 80 valence electrons. The van der Waals surface area contributed by atoms with E-state index in [2.05, 4.69) is 28.0 Å². The Morgan fingerprint density at radius 2 is 2.20 bits per heavy atom. The molecule has 1 aliphatic heterocycles. The Morgan fingerprint density at radius 1 is 1.47 bits per heavy atom. The Morgan fingerprint density at radius 3 is 2.80 bits per heavy atom. The number of allylic oxidation sites excluding steroid dienone is 1. The molecule has 0 aromatic carbocycles. The van der Waals surface area contributed by atoms with Crippen molar-refractivity contribution in [1.29, 1.82) is 0 Å². The van der Waals surface area contributed by atoms with Gasteiger partial charge in [0.1, 0.15) is 11.7 Å². The van der Waals surface area contributed by atoms with Crippen LogP contribution in [0.15, 0.2) is 17.8 Å². The highest BCUT2D eigenvalue weighted by Gasteiger charge is 2.22. The molecule has 1 aliphatic rings. The third-order valence-corrected chi connectivity index (χ3v) is 2.46. The van der Waals surface area contributed by atoms with Crippen molar-refractivity contribution in [2.45, 2.75) is 6.92 Å². The highest BCUT2D eigenvalue weighted by Crippen LogP contribution is 2.27. The number of hydrogen-bond acceptors (Lipinski definition) is 3. The van der Waals surface area contributed by atoms with Gasteiger partial charge >= 0.3 is 0 Å². The van der Waals surface area contributed by atoms with Crippen LogP contribution >= 0.6 is 0 Å². The number of hydrazine groups is 2. The zero-order chi connectivity index (χ0) is 11.0. The molecule has 1 aromatic rings. The van der Waals surface area contributed by atoms with Gasteiger partial charge in [0, 0.05) is 25.9 Å². The van der Waals surface area contributed by atoms with Crippen molar-refractivity contribution in [3.63, 3.8) is 0 Å². The van der Waals surface area contributed by atoms with Crippen molar-refractivity contribution in [2.75, 3.05) is 12.5 Å². The average Bonchev–Trinajstić information content (AvgIpc) is 2.56. The molecule has 2 rings (SSSR count). The monoisotopic (exact) mass is 205 g/mol. The smallest absolute Gasteiger partial charge is 0.148 e. The minimum absolute atomic E-state index is 0.822. The van der Waals surface area contributed by atoms with Gasteiger partial charge in [-0.25, -0.2) is 0 Å². The highest BCUT2D eigenvalue weighted by molar-refractivity contribution is 6.07. The zero-order valence-electron chi connectivity index (χ0n) is 9.18. The van der Waals surface area contributed by atoms with Gasteiger partial charge in [0.25, 0.3) is 0 Å². The molecule has 3 N–H and O–H groups in total. The number of fused-ring (bicyclic) bond motifs is 1. The molecule has 0 saturated carbocycles. The van der Waals surface area contributed by atoms with E-state index >= 15 is 0 Å². The summed E-state index contributed by atoms with van der Waals surface area (Å²) in [7, 11) is 3.74. The molecular formula is C10H15N5. The Kier molecular flexibility index (Phi) is 2.24. The molecule has 1 aromatic heterocycles. The fourth-order valence-corrected chi connectivity index (χ4v) is 1.72. The van der Waals surface area contributed by atoms with E-state index in [-0.39, 0.29) is 0 Å². The van der Waals surface area contributed by atoms with E-state index in [1.165, 1.54) is 0 Å². The number of aliphatic imine (C=N–C) groups is 1. The Balaban J connectivity index is 2.66. The summed E-state index contributed by atoms with van der Waals surface area (Å²) in [6.07, 6.45) is 2.04. The Hall–Kier alpha value is -1.75. The standard InChI is InChI=1S/C10H15N5/c1-6(2)7-5-15(4)10-8(7)9(11-3)12-14-13-10/h5,13-14H,1H2,2-4H3,(H,11,12). The summed E-state index contributed by atoms with van der Waals surface area (Å²) in [6, 6.07) is 0. The van der Waals surface area contributed by atoms with Gasteiger partial charge in [-0.2, -0.15) is 0 Å². The lowest BCUT2D eigenvalue weighted by Crippen LogP contribution is -2.46.